The summed E-state index contributed by atoms with van der Waals surface area (Å²) in [5.41, 5.74) is 5.00. The monoisotopic (exact) mass is 304 g/mol. The minimum Gasteiger partial charge on any atom is -0.494 e. The molecule has 0 atom stereocenters. The molecule has 0 unspecified atom stereocenters. The van der Waals surface area contributed by atoms with Crippen molar-refractivity contribution in [3.8, 4) is 5.88 Å². The molecule has 6 nitrogen and oxygen atoms in total. The van der Waals surface area contributed by atoms with E-state index >= 15 is 0 Å². The maximum absolute atomic E-state index is 12.5. The van der Waals surface area contributed by atoms with Gasteiger partial charge in [-0.1, -0.05) is 32.0 Å². The number of pyridine rings is 1. The van der Waals surface area contributed by atoms with Crippen LogP contribution in [-0.2, 0) is 6.54 Å². The Balaban J connectivity index is 2.81. The summed E-state index contributed by atoms with van der Waals surface area (Å²) < 4.78 is 1.29. The lowest BCUT2D eigenvalue weighted by Gasteiger charge is -2.14. The molecule has 0 aliphatic heterocycles. The van der Waals surface area contributed by atoms with Crippen LogP contribution in [0.2, 0.25) is 0 Å². The smallest absolute Gasteiger partial charge is 0.281 e. The summed E-state index contributed by atoms with van der Waals surface area (Å²) >= 11 is 4.65. The van der Waals surface area contributed by atoms with E-state index in [9.17, 15) is 9.90 Å². The van der Waals surface area contributed by atoms with Crippen molar-refractivity contribution in [3.05, 3.63) is 34.6 Å². The highest BCUT2D eigenvalue weighted by Crippen LogP contribution is 2.30. The van der Waals surface area contributed by atoms with Gasteiger partial charge in [-0.3, -0.25) is 9.36 Å². The molecule has 1 aromatic carbocycles. The van der Waals surface area contributed by atoms with E-state index < -0.39 is 5.56 Å². The number of nitrogens with two attached hydrogens (primary N) is 1. The fourth-order valence-electron chi connectivity index (χ4n) is 2.10. The van der Waals surface area contributed by atoms with E-state index in [1.165, 1.54) is 4.57 Å². The Morgan fingerprint density at radius 2 is 2.00 bits per heavy atom. The zero-order valence-electron chi connectivity index (χ0n) is 11.8. The first-order valence-electron chi connectivity index (χ1n) is 6.47. The molecule has 0 amide bonds. The predicted molar refractivity (Wildman–Crippen MR) is 86.0 cm³/mol. The van der Waals surface area contributed by atoms with Crippen molar-refractivity contribution in [1.29, 1.82) is 0 Å². The average molecular weight is 304 g/mol. The fourth-order valence-corrected chi connectivity index (χ4v) is 2.14. The van der Waals surface area contributed by atoms with Crippen LogP contribution < -0.4 is 11.3 Å². The average Bonchev–Trinajstić information content (AvgIpc) is 2.43. The zero-order chi connectivity index (χ0) is 15.6. The Morgan fingerprint density at radius 3 is 2.57 bits per heavy atom. The van der Waals surface area contributed by atoms with Gasteiger partial charge in [-0.15, -0.1) is 10.2 Å². The summed E-state index contributed by atoms with van der Waals surface area (Å²) in [6, 6.07) is 6.96. The van der Waals surface area contributed by atoms with Crippen molar-refractivity contribution in [2.45, 2.75) is 20.4 Å². The van der Waals surface area contributed by atoms with Gasteiger partial charge in [0.1, 0.15) is 0 Å². The molecule has 0 saturated heterocycles. The zero-order valence-corrected chi connectivity index (χ0v) is 12.6. The molecule has 110 valence electrons. The largest absolute Gasteiger partial charge is 0.494 e. The number of nitrogens with zero attached hydrogens (tertiary/aromatic N) is 3. The van der Waals surface area contributed by atoms with Crippen molar-refractivity contribution in [1.82, 2.24) is 4.57 Å². The number of fused-ring (bicyclic) bond motifs is 1. The summed E-state index contributed by atoms with van der Waals surface area (Å²) in [5, 5.41) is 18.7. The number of rotatable bonds is 3. The van der Waals surface area contributed by atoms with E-state index in [1.54, 1.807) is 24.3 Å². The molecule has 0 spiro atoms. The molecule has 0 saturated carbocycles. The van der Waals surface area contributed by atoms with E-state index in [0.29, 0.717) is 17.3 Å². The normalized spacial score (nSPS) is 11.6. The van der Waals surface area contributed by atoms with Gasteiger partial charge in [0.25, 0.3) is 5.56 Å². The highest BCUT2D eigenvalue weighted by molar-refractivity contribution is 7.80. The van der Waals surface area contributed by atoms with Crippen molar-refractivity contribution in [2.24, 2.45) is 21.9 Å². The third kappa shape index (κ3) is 3.08. The maximum Gasteiger partial charge on any atom is 0.281 e. The third-order valence-electron chi connectivity index (χ3n) is 2.92. The second-order valence-electron chi connectivity index (χ2n) is 5.07. The molecule has 0 bridgehead atoms. The minimum absolute atomic E-state index is 0.0708. The lowest BCUT2D eigenvalue weighted by molar-refractivity contribution is 0.389. The number of benzene rings is 1. The molecule has 0 fully saturated rings. The van der Waals surface area contributed by atoms with Crippen LogP contribution in [0.1, 0.15) is 13.8 Å². The molecule has 1 aromatic heterocycles. The summed E-state index contributed by atoms with van der Waals surface area (Å²) in [4.78, 5) is 12.5. The van der Waals surface area contributed by atoms with Crippen LogP contribution in [0.15, 0.2) is 39.3 Å². The van der Waals surface area contributed by atoms with Crippen LogP contribution >= 0.6 is 12.2 Å². The number of azo groups is 1. The van der Waals surface area contributed by atoms with Gasteiger partial charge in [-0.05, 0) is 24.2 Å². The standard InChI is InChI=1S/C14H16N4O2S/c1-8(2)7-18-12(19)10-6-4-3-5-9(10)11(13(18)20)16-17-14(15)21/h3-6,8,19H,7H2,1-2H3,(H2,15,21). The first-order chi connectivity index (χ1) is 9.91. The molecule has 2 aromatic rings. The van der Waals surface area contributed by atoms with Crippen LogP contribution in [0.5, 0.6) is 5.88 Å². The number of hydrogen-bond acceptors (Lipinski definition) is 4. The molecule has 0 aliphatic rings. The predicted octanol–water partition coefficient (Wildman–Crippen LogP) is 2.69. The first kappa shape index (κ1) is 15.1. The molecule has 21 heavy (non-hydrogen) atoms. The lowest BCUT2D eigenvalue weighted by Crippen LogP contribution is -2.22. The van der Waals surface area contributed by atoms with Crippen LogP contribution in [0.25, 0.3) is 10.8 Å². The summed E-state index contributed by atoms with van der Waals surface area (Å²) in [5.74, 6) is 0.119. The maximum atomic E-state index is 12.5. The number of aromatic nitrogens is 1. The second kappa shape index (κ2) is 6.01. The first-order valence-corrected chi connectivity index (χ1v) is 6.88. The molecule has 0 aliphatic carbocycles. The van der Waals surface area contributed by atoms with E-state index in [2.05, 4.69) is 22.4 Å². The van der Waals surface area contributed by atoms with Gasteiger partial charge in [0.2, 0.25) is 11.0 Å². The van der Waals surface area contributed by atoms with Crippen LogP contribution in [0.4, 0.5) is 5.69 Å². The van der Waals surface area contributed by atoms with E-state index in [0.717, 1.165) is 0 Å². The molecule has 3 N–H and O–H groups in total. The van der Waals surface area contributed by atoms with Gasteiger partial charge in [-0.25, -0.2) is 0 Å². The Labute approximate surface area is 126 Å². The van der Waals surface area contributed by atoms with Crippen molar-refractivity contribution < 1.29 is 5.11 Å². The van der Waals surface area contributed by atoms with Crippen molar-refractivity contribution in [3.63, 3.8) is 0 Å². The topological polar surface area (TPSA) is 93.0 Å². The Morgan fingerprint density at radius 1 is 1.38 bits per heavy atom. The van der Waals surface area contributed by atoms with Gasteiger partial charge in [-0.2, -0.15) is 0 Å². The van der Waals surface area contributed by atoms with Gasteiger partial charge < -0.3 is 10.8 Å². The van der Waals surface area contributed by atoms with Crippen molar-refractivity contribution >= 4 is 33.8 Å². The quantitative estimate of drug-likeness (QED) is 0.673. The highest BCUT2D eigenvalue weighted by Gasteiger charge is 2.16. The van der Waals surface area contributed by atoms with Gasteiger partial charge in [0, 0.05) is 17.3 Å². The number of aromatic hydroxyl groups is 1. The summed E-state index contributed by atoms with van der Waals surface area (Å²) in [7, 11) is 0. The Bertz CT molecular complexity index is 780. The van der Waals surface area contributed by atoms with Gasteiger partial charge in [0.05, 0.1) is 0 Å². The van der Waals surface area contributed by atoms with E-state index in [4.69, 9.17) is 5.73 Å². The molecular formula is C14H16N4O2S. The summed E-state index contributed by atoms with van der Waals surface area (Å²) in [6.45, 7) is 4.29. The molecular weight excluding hydrogens is 288 g/mol. The van der Waals surface area contributed by atoms with Gasteiger partial charge >= 0.3 is 0 Å². The number of hydrogen-bond donors (Lipinski definition) is 2. The Hall–Kier alpha value is -2.28. The third-order valence-corrected chi connectivity index (χ3v) is 3.00. The lowest BCUT2D eigenvalue weighted by atomic mass is 10.1. The molecule has 2 rings (SSSR count). The van der Waals surface area contributed by atoms with Crippen LogP contribution in [0.3, 0.4) is 0 Å². The van der Waals surface area contributed by atoms with E-state index in [1.807, 2.05) is 13.8 Å². The SMILES string of the molecule is CC(C)Cn1c(O)c2ccccc2c(N=NC(N)=S)c1=O. The van der Waals surface area contributed by atoms with E-state index in [-0.39, 0.29) is 22.6 Å². The van der Waals surface area contributed by atoms with Crippen LogP contribution in [-0.4, -0.2) is 14.8 Å². The summed E-state index contributed by atoms with van der Waals surface area (Å²) in [6.07, 6.45) is 0. The highest BCUT2D eigenvalue weighted by atomic mass is 32.1. The molecule has 7 heteroatoms. The molecule has 0 radical (unpaired) electrons. The van der Waals surface area contributed by atoms with Crippen molar-refractivity contribution in [2.75, 3.05) is 0 Å². The number of thiocarbonyl (C=S) groups is 1. The minimum atomic E-state index is -0.417. The molecule has 1 heterocycles. The van der Waals surface area contributed by atoms with Crippen LogP contribution in [0, 0.1) is 5.92 Å². The Kier molecular flexibility index (Phi) is 4.32. The fraction of sp³-hybridized carbons (Fsp3) is 0.286. The second-order valence-corrected chi connectivity index (χ2v) is 5.48. The van der Waals surface area contributed by atoms with Gasteiger partial charge in [0.15, 0.2) is 5.69 Å².